The largest absolute Gasteiger partial charge is 0.508 e. The Labute approximate surface area is 112 Å². The van der Waals surface area contributed by atoms with Crippen molar-refractivity contribution in [1.29, 1.82) is 0 Å². The summed E-state index contributed by atoms with van der Waals surface area (Å²) >= 11 is 0. The molecular weight excluding hydrogens is 250 g/mol. The minimum absolute atomic E-state index is 0. The van der Waals surface area contributed by atoms with Gasteiger partial charge in [0.2, 0.25) is 0 Å². The molecule has 2 aromatic rings. The van der Waals surface area contributed by atoms with Crippen molar-refractivity contribution in [2.75, 3.05) is 13.1 Å². The van der Waals surface area contributed by atoms with Crippen LogP contribution >= 0.6 is 12.4 Å². The molecule has 0 amide bonds. The highest BCUT2D eigenvalue weighted by molar-refractivity contribution is 5.85. The zero-order valence-electron chi connectivity index (χ0n) is 9.71. The standard InChI is InChI=1S/C13H13N3O.ClH/c17-12-3-1-2-10(11-8-14-4-5-16-11)13(12)9-6-15-7-9;/h1-5,8-9,15,17H,6-7H2;1H. The molecule has 4 nitrogen and oxygen atoms in total. The number of aromatic hydroxyl groups is 1. The van der Waals surface area contributed by atoms with Crippen LogP contribution in [0.4, 0.5) is 0 Å². The van der Waals surface area contributed by atoms with Gasteiger partial charge in [0.1, 0.15) is 5.75 Å². The Kier molecular flexibility index (Phi) is 3.79. The molecule has 0 atom stereocenters. The van der Waals surface area contributed by atoms with E-state index in [1.165, 1.54) is 0 Å². The van der Waals surface area contributed by atoms with E-state index in [0.717, 1.165) is 29.9 Å². The molecule has 1 aliphatic heterocycles. The fraction of sp³-hybridized carbons (Fsp3) is 0.231. The van der Waals surface area contributed by atoms with Gasteiger partial charge in [-0.2, -0.15) is 0 Å². The highest BCUT2D eigenvalue weighted by Gasteiger charge is 2.25. The Hall–Kier alpha value is -1.65. The van der Waals surface area contributed by atoms with Gasteiger partial charge in [0.15, 0.2) is 0 Å². The monoisotopic (exact) mass is 263 g/mol. The molecule has 0 bridgehead atoms. The molecule has 94 valence electrons. The smallest absolute Gasteiger partial charge is 0.119 e. The molecule has 1 aromatic carbocycles. The molecule has 3 rings (SSSR count). The van der Waals surface area contributed by atoms with Gasteiger partial charge in [-0.25, -0.2) is 0 Å². The first-order chi connectivity index (χ1) is 8.36. The summed E-state index contributed by atoms with van der Waals surface area (Å²) in [5, 5.41) is 13.2. The molecular formula is C13H14ClN3O. The van der Waals surface area contributed by atoms with Gasteiger partial charge in [0.25, 0.3) is 0 Å². The lowest BCUT2D eigenvalue weighted by Crippen LogP contribution is -2.40. The van der Waals surface area contributed by atoms with Crippen molar-refractivity contribution in [1.82, 2.24) is 15.3 Å². The number of nitrogens with zero attached hydrogens (tertiary/aromatic N) is 2. The summed E-state index contributed by atoms with van der Waals surface area (Å²) in [4.78, 5) is 8.37. The molecule has 18 heavy (non-hydrogen) atoms. The molecule has 0 spiro atoms. The van der Waals surface area contributed by atoms with Crippen molar-refractivity contribution in [3.05, 3.63) is 42.4 Å². The molecule has 0 aliphatic carbocycles. The number of nitrogens with one attached hydrogen (secondary N) is 1. The van der Waals surface area contributed by atoms with E-state index in [4.69, 9.17) is 0 Å². The van der Waals surface area contributed by atoms with Gasteiger partial charge in [0.05, 0.1) is 11.9 Å². The Balaban J connectivity index is 0.00000120. The van der Waals surface area contributed by atoms with Crippen LogP contribution in [0, 0.1) is 0 Å². The maximum atomic E-state index is 10.0. The number of aromatic nitrogens is 2. The SMILES string of the molecule is Cl.Oc1cccc(-c2cnccn2)c1C1CNC1. The molecule has 5 heteroatoms. The average molecular weight is 264 g/mol. The molecule has 0 saturated carbocycles. The molecule has 0 radical (unpaired) electrons. The number of hydrogen-bond donors (Lipinski definition) is 2. The molecule has 1 aromatic heterocycles. The molecule has 1 saturated heterocycles. The molecule has 0 unspecified atom stereocenters. The summed E-state index contributed by atoms with van der Waals surface area (Å²) in [5.74, 6) is 0.716. The van der Waals surface area contributed by atoms with E-state index in [-0.39, 0.29) is 12.4 Å². The van der Waals surface area contributed by atoms with E-state index in [0.29, 0.717) is 11.7 Å². The van der Waals surface area contributed by atoms with E-state index >= 15 is 0 Å². The van der Waals surface area contributed by atoms with Crippen molar-refractivity contribution in [2.45, 2.75) is 5.92 Å². The zero-order valence-corrected chi connectivity index (χ0v) is 10.5. The maximum Gasteiger partial charge on any atom is 0.119 e. The summed E-state index contributed by atoms with van der Waals surface area (Å²) in [6.07, 6.45) is 5.05. The molecule has 2 N–H and O–H groups in total. The normalized spacial score (nSPS) is 14.7. The fourth-order valence-corrected chi connectivity index (χ4v) is 2.14. The van der Waals surface area contributed by atoms with Crippen molar-refractivity contribution in [3.63, 3.8) is 0 Å². The van der Waals surface area contributed by atoms with E-state index in [1.54, 1.807) is 24.7 Å². The third kappa shape index (κ3) is 2.17. The van der Waals surface area contributed by atoms with Crippen molar-refractivity contribution >= 4 is 12.4 Å². The topological polar surface area (TPSA) is 58.0 Å². The number of rotatable bonds is 2. The van der Waals surface area contributed by atoms with Crippen molar-refractivity contribution in [3.8, 4) is 17.0 Å². The Morgan fingerprint density at radius 1 is 1.22 bits per heavy atom. The number of phenols is 1. The van der Waals surface area contributed by atoms with E-state index in [9.17, 15) is 5.11 Å². The molecule has 1 fully saturated rings. The van der Waals surface area contributed by atoms with E-state index in [2.05, 4.69) is 15.3 Å². The Morgan fingerprint density at radius 3 is 2.67 bits per heavy atom. The lowest BCUT2D eigenvalue weighted by Gasteiger charge is -2.29. The lowest BCUT2D eigenvalue weighted by molar-refractivity contribution is 0.414. The first-order valence-electron chi connectivity index (χ1n) is 5.65. The third-order valence-electron chi connectivity index (χ3n) is 3.11. The average Bonchev–Trinajstić information content (AvgIpc) is 2.31. The van der Waals surface area contributed by atoms with Crippen LogP contribution in [0.15, 0.2) is 36.8 Å². The molecule has 2 heterocycles. The number of halogens is 1. The van der Waals surface area contributed by atoms with Gasteiger partial charge in [-0.3, -0.25) is 9.97 Å². The van der Waals surface area contributed by atoms with Crippen LogP contribution in [-0.2, 0) is 0 Å². The summed E-state index contributed by atoms with van der Waals surface area (Å²) < 4.78 is 0. The van der Waals surface area contributed by atoms with Crippen molar-refractivity contribution in [2.24, 2.45) is 0 Å². The number of benzene rings is 1. The summed E-state index contributed by atoms with van der Waals surface area (Å²) in [5.41, 5.74) is 2.77. The summed E-state index contributed by atoms with van der Waals surface area (Å²) in [6, 6.07) is 5.56. The van der Waals surface area contributed by atoms with E-state index in [1.807, 2.05) is 12.1 Å². The van der Waals surface area contributed by atoms with Gasteiger partial charge in [-0.15, -0.1) is 12.4 Å². The maximum absolute atomic E-state index is 10.0. The number of hydrogen-bond acceptors (Lipinski definition) is 4. The van der Waals surface area contributed by atoms with Gasteiger partial charge in [-0.05, 0) is 6.07 Å². The van der Waals surface area contributed by atoms with Crippen molar-refractivity contribution < 1.29 is 5.11 Å². The van der Waals surface area contributed by atoms with Crippen LogP contribution in [0.25, 0.3) is 11.3 Å². The van der Waals surface area contributed by atoms with Gasteiger partial charge in [0, 0.05) is 42.5 Å². The van der Waals surface area contributed by atoms with E-state index < -0.39 is 0 Å². The van der Waals surface area contributed by atoms with Gasteiger partial charge < -0.3 is 10.4 Å². The Bertz CT molecular complexity index is 529. The van der Waals surface area contributed by atoms with Crippen LogP contribution < -0.4 is 5.32 Å². The van der Waals surface area contributed by atoms with Gasteiger partial charge in [-0.1, -0.05) is 12.1 Å². The predicted molar refractivity (Wildman–Crippen MR) is 72.0 cm³/mol. The summed E-state index contributed by atoms with van der Waals surface area (Å²) in [6.45, 7) is 1.82. The zero-order chi connectivity index (χ0) is 11.7. The highest BCUT2D eigenvalue weighted by atomic mass is 35.5. The minimum atomic E-state index is 0. The highest BCUT2D eigenvalue weighted by Crippen LogP contribution is 2.36. The van der Waals surface area contributed by atoms with Crippen LogP contribution in [-0.4, -0.2) is 28.2 Å². The second-order valence-electron chi connectivity index (χ2n) is 4.18. The second kappa shape index (κ2) is 5.33. The third-order valence-corrected chi connectivity index (χ3v) is 3.11. The van der Waals surface area contributed by atoms with Crippen LogP contribution in [0.2, 0.25) is 0 Å². The van der Waals surface area contributed by atoms with Gasteiger partial charge >= 0.3 is 0 Å². The minimum Gasteiger partial charge on any atom is -0.508 e. The predicted octanol–water partition coefficient (Wildman–Crippen LogP) is 1.96. The number of phenolic OH excluding ortho intramolecular Hbond substituents is 1. The molecule has 1 aliphatic rings. The lowest BCUT2D eigenvalue weighted by atomic mass is 9.88. The fourth-order valence-electron chi connectivity index (χ4n) is 2.14. The Morgan fingerprint density at radius 2 is 2.06 bits per heavy atom. The first-order valence-corrected chi connectivity index (χ1v) is 5.65. The van der Waals surface area contributed by atoms with Crippen LogP contribution in [0.5, 0.6) is 5.75 Å². The van der Waals surface area contributed by atoms with Crippen LogP contribution in [0.3, 0.4) is 0 Å². The quantitative estimate of drug-likeness (QED) is 0.870. The first kappa shape index (κ1) is 12.8. The second-order valence-corrected chi connectivity index (χ2v) is 4.18. The van der Waals surface area contributed by atoms with Crippen LogP contribution in [0.1, 0.15) is 11.5 Å². The summed E-state index contributed by atoms with van der Waals surface area (Å²) in [7, 11) is 0.